The molecule has 2 N–H and O–H groups in total. The lowest BCUT2D eigenvalue weighted by molar-refractivity contribution is -0.170. The molecule has 0 aliphatic heterocycles. The zero-order chi connectivity index (χ0) is 31.6. The lowest BCUT2D eigenvalue weighted by Gasteiger charge is -2.71. The monoisotopic (exact) mass is 608 g/mol. The number of hydrogen-bond donors (Lipinski definition) is 2. The van der Waals surface area contributed by atoms with Crippen LogP contribution in [0.4, 0.5) is 0 Å². The number of aromatic nitrogens is 1. The molecule has 4 saturated carbocycles. The standard InChI is InChI=1S/C42H60N2O/c1-26-19-22-42(37(45)43-28-13-9-8-10-14-28)24-23-40(6)31(35(42)27(26)2)17-18-34-39(5)25-30-29-15-11-12-16-32(29)44-36(30)38(3,4)33(39)20-21-41(34,40)7/h11-12,15-17,26-28,33-35,44H,8-10,13-14,18-25H2,1-7H3,(H,43,45)/t26-,27+,33+,34-,35+,39+,40-,41-,42+/m1/s1. The zero-order valence-electron chi connectivity index (χ0n) is 29.5. The molecule has 45 heavy (non-hydrogen) atoms. The fourth-order valence-electron chi connectivity index (χ4n) is 13.7. The highest BCUT2D eigenvalue weighted by Gasteiger charge is 2.69. The van der Waals surface area contributed by atoms with Crippen LogP contribution in [0.2, 0.25) is 0 Å². The molecule has 0 bridgehead atoms. The first-order valence-electron chi connectivity index (χ1n) is 19.0. The summed E-state index contributed by atoms with van der Waals surface area (Å²) >= 11 is 0. The minimum absolute atomic E-state index is 0.125. The number of carbonyl (C=O) groups excluding carboxylic acids is 1. The van der Waals surface area contributed by atoms with Gasteiger partial charge in [0.2, 0.25) is 5.91 Å². The molecule has 2 aromatic rings. The molecular formula is C42H60N2O. The molecule has 0 radical (unpaired) electrons. The Bertz CT molecular complexity index is 1540. The number of allylic oxidation sites excluding steroid dienone is 2. The van der Waals surface area contributed by atoms with E-state index in [1.807, 2.05) is 0 Å². The third kappa shape index (κ3) is 3.91. The lowest BCUT2D eigenvalue weighted by atomic mass is 9.33. The quantitative estimate of drug-likeness (QED) is 0.327. The SMILES string of the molecule is C[C@H]1[C@H](C)CC[C@]2(C(=O)NC3CCCCC3)CC[C@]3(C)C(=CC[C@@H]4[C@@]5(C)Cc6c([nH]c7ccccc67)C(C)(C)[C@@H]5CC[C@]43C)[C@H]12. The van der Waals surface area contributed by atoms with Gasteiger partial charge in [0, 0.05) is 28.1 Å². The molecule has 1 aromatic carbocycles. The second kappa shape index (κ2) is 9.99. The molecule has 4 fully saturated rings. The highest BCUT2D eigenvalue weighted by atomic mass is 16.2. The van der Waals surface area contributed by atoms with Crippen LogP contribution in [0.15, 0.2) is 35.9 Å². The van der Waals surface area contributed by atoms with Crippen molar-refractivity contribution in [1.82, 2.24) is 10.3 Å². The van der Waals surface area contributed by atoms with E-state index in [0.717, 1.165) is 12.8 Å². The molecule has 1 amide bonds. The van der Waals surface area contributed by atoms with Gasteiger partial charge in [0.05, 0.1) is 5.41 Å². The van der Waals surface area contributed by atoms with E-state index in [-0.39, 0.29) is 27.1 Å². The Morgan fingerprint density at radius 3 is 2.40 bits per heavy atom. The van der Waals surface area contributed by atoms with Gasteiger partial charge in [-0.2, -0.15) is 0 Å². The Kier molecular flexibility index (Phi) is 6.73. The Morgan fingerprint density at radius 2 is 1.62 bits per heavy atom. The summed E-state index contributed by atoms with van der Waals surface area (Å²) in [5, 5.41) is 5.14. The maximum atomic E-state index is 14.6. The Hall–Kier alpha value is -2.03. The molecule has 0 unspecified atom stereocenters. The van der Waals surface area contributed by atoms with Crippen molar-refractivity contribution in [1.29, 1.82) is 0 Å². The summed E-state index contributed by atoms with van der Waals surface area (Å²) < 4.78 is 0. The van der Waals surface area contributed by atoms with Gasteiger partial charge in [-0.15, -0.1) is 0 Å². The molecule has 3 heteroatoms. The molecule has 244 valence electrons. The average molecular weight is 609 g/mol. The van der Waals surface area contributed by atoms with E-state index in [9.17, 15) is 4.79 Å². The van der Waals surface area contributed by atoms with Gasteiger partial charge < -0.3 is 10.3 Å². The van der Waals surface area contributed by atoms with Crippen LogP contribution in [0.5, 0.6) is 0 Å². The first-order chi connectivity index (χ1) is 21.4. The maximum absolute atomic E-state index is 14.6. The third-order valence-electron chi connectivity index (χ3n) is 16.5. The zero-order valence-corrected chi connectivity index (χ0v) is 29.5. The molecule has 9 atom stereocenters. The summed E-state index contributed by atoms with van der Waals surface area (Å²) in [4.78, 5) is 18.5. The average Bonchev–Trinajstić information content (AvgIpc) is 3.39. The number of para-hydroxylation sites is 1. The van der Waals surface area contributed by atoms with Crippen LogP contribution >= 0.6 is 0 Å². The van der Waals surface area contributed by atoms with Gasteiger partial charge in [-0.1, -0.05) is 97.6 Å². The lowest BCUT2D eigenvalue weighted by Crippen LogP contribution is -2.66. The van der Waals surface area contributed by atoms with Gasteiger partial charge in [0.1, 0.15) is 0 Å². The minimum Gasteiger partial charge on any atom is -0.358 e. The highest BCUT2D eigenvalue weighted by molar-refractivity contribution is 5.86. The van der Waals surface area contributed by atoms with Crippen LogP contribution in [0.3, 0.4) is 0 Å². The van der Waals surface area contributed by atoms with Crippen LogP contribution in [0.1, 0.15) is 137 Å². The molecule has 3 nitrogen and oxygen atoms in total. The topological polar surface area (TPSA) is 44.9 Å². The van der Waals surface area contributed by atoms with E-state index in [2.05, 4.69) is 89.1 Å². The number of benzene rings is 1. The summed E-state index contributed by atoms with van der Waals surface area (Å²) in [6, 6.07) is 9.44. The van der Waals surface area contributed by atoms with Crippen LogP contribution in [0.25, 0.3) is 10.9 Å². The van der Waals surface area contributed by atoms with E-state index in [0.29, 0.717) is 41.5 Å². The number of nitrogens with one attached hydrogen (secondary N) is 2. The Labute approximate surface area is 273 Å². The van der Waals surface area contributed by atoms with Crippen molar-refractivity contribution in [2.75, 3.05) is 0 Å². The number of amides is 1. The number of aromatic amines is 1. The van der Waals surface area contributed by atoms with Crippen molar-refractivity contribution in [2.45, 2.75) is 143 Å². The fraction of sp³-hybridized carbons (Fsp3) is 0.738. The summed E-state index contributed by atoms with van der Waals surface area (Å²) in [6.07, 6.45) is 18.5. The number of fused-ring (bicyclic) bond motifs is 10. The molecule has 0 saturated heterocycles. The van der Waals surface area contributed by atoms with Crippen LogP contribution in [-0.2, 0) is 16.6 Å². The maximum Gasteiger partial charge on any atom is 0.227 e. The first kappa shape index (κ1) is 30.3. The molecule has 8 rings (SSSR count). The molecule has 1 heterocycles. The van der Waals surface area contributed by atoms with E-state index < -0.39 is 0 Å². The van der Waals surface area contributed by atoms with E-state index in [1.165, 1.54) is 87.2 Å². The predicted molar refractivity (Wildman–Crippen MR) is 186 cm³/mol. The van der Waals surface area contributed by atoms with Gasteiger partial charge in [0.25, 0.3) is 0 Å². The summed E-state index contributed by atoms with van der Waals surface area (Å²) in [7, 11) is 0. The normalized spacial score (nSPS) is 44.1. The van der Waals surface area contributed by atoms with Gasteiger partial charge in [-0.25, -0.2) is 0 Å². The number of rotatable bonds is 2. The van der Waals surface area contributed by atoms with Crippen LogP contribution in [-0.4, -0.2) is 16.9 Å². The van der Waals surface area contributed by atoms with Crippen molar-refractivity contribution in [3.8, 4) is 0 Å². The van der Waals surface area contributed by atoms with Gasteiger partial charge in [-0.3, -0.25) is 4.79 Å². The largest absolute Gasteiger partial charge is 0.358 e. The van der Waals surface area contributed by atoms with Crippen LogP contribution in [0, 0.1) is 51.2 Å². The number of hydrogen-bond acceptors (Lipinski definition) is 1. The fourth-order valence-corrected chi connectivity index (χ4v) is 13.7. The second-order valence-corrected chi connectivity index (χ2v) is 18.5. The molecule has 6 aliphatic carbocycles. The van der Waals surface area contributed by atoms with Gasteiger partial charge in [0.15, 0.2) is 0 Å². The molecule has 0 spiro atoms. The van der Waals surface area contributed by atoms with Crippen molar-refractivity contribution < 1.29 is 4.79 Å². The van der Waals surface area contributed by atoms with E-state index in [4.69, 9.17) is 0 Å². The third-order valence-corrected chi connectivity index (χ3v) is 16.5. The van der Waals surface area contributed by atoms with E-state index in [1.54, 1.807) is 11.1 Å². The Balaban J connectivity index is 1.20. The van der Waals surface area contributed by atoms with E-state index >= 15 is 0 Å². The van der Waals surface area contributed by atoms with Gasteiger partial charge in [-0.05, 0) is 122 Å². The van der Waals surface area contributed by atoms with Crippen molar-refractivity contribution in [2.24, 2.45) is 51.2 Å². The molecule has 6 aliphatic rings. The minimum atomic E-state index is -0.217. The number of H-pyrrole nitrogens is 1. The van der Waals surface area contributed by atoms with Crippen molar-refractivity contribution in [3.05, 3.63) is 47.2 Å². The van der Waals surface area contributed by atoms with Crippen molar-refractivity contribution >= 4 is 16.8 Å². The summed E-state index contributed by atoms with van der Waals surface area (Å²) in [5.41, 5.74) is 6.67. The molecule has 1 aromatic heterocycles. The summed E-state index contributed by atoms with van der Waals surface area (Å²) in [5.74, 6) is 3.35. The number of carbonyl (C=O) groups is 1. The predicted octanol–water partition coefficient (Wildman–Crippen LogP) is 10.3. The first-order valence-corrected chi connectivity index (χ1v) is 19.0. The highest BCUT2D eigenvalue weighted by Crippen LogP contribution is 2.75. The molecular weight excluding hydrogens is 548 g/mol. The summed E-state index contributed by atoms with van der Waals surface area (Å²) in [6.45, 7) is 18.2. The smallest absolute Gasteiger partial charge is 0.227 e. The van der Waals surface area contributed by atoms with Crippen molar-refractivity contribution in [3.63, 3.8) is 0 Å². The Morgan fingerprint density at radius 1 is 0.867 bits per heavy atom. The second-order valence-electron chi connectivity index (χ2n) is 18.5. The van der Waals surface area contributed by atoms with Crippen LogP contribution < -0.4 is 5.32 Å². The van der Waals surface area contributed by atoms with Gasteiger partial charge >= 0.3 is 0 Å².